The van der Waals surface area contributed by atoms with Crippen LogP contribution in [-0.4, -0.2) is 17.9 Å². The fourth-order valence-corrected chi connectivity index (χ4v) is 2.08. The summed E-state index contributed by atoms with van der Waals surface area (Å²) in [5.41, 5.74) is 14.5. The Bertz CT molecular complexity index is 774. The first-order valence-electron chi connectivity index (χ1n) is 6.62. The Morgan fingerprint density at radius 2 is 2.05 bits per heavy atom. The highest BCUT2D eigenvalue weighted by Gasteiger charge is 2.25. The molecule has 0 fully saturated rings. The van der Waals surface area contributed by atoms with Gasteiger partial charge in [-0.05, 0) is 23.6 Å². The van der Waals surface area contributed by atoms with Crippen molar-refractivity contribution in [2.24, 2.45) is 16.8 Å². The number of carbonyl (C=O) groups is 2. The molecule has 0 saturated carbocycles. The maximum Gasteiger partial charge on any atom is 0.286 e. The van der Waals surface area contributed by atoms with Gasteiger partial charge in [0.05, 0.1) is 0 Å². The highest BCUT2D eigenvalue weighted by molar-refractivity contribution is 6.11. The molecule has 1 heterocycles. The second-order valence-electron chi connectivity index (χ2n) is 5.05. The Morgan fingerprint density at radius 1 is 1.36 bits per heavy atom. The third-order valence-corrected chi connectivity index (χ3v) is 3.14. The molecule has 0 radical (unpaired) electrons. The lowest BCUT2D eigenvalue weighted by molar-refractivity contribution is -0.118. The van der Waals surface area contributed by atoms with Crippen molar-refractivity contribution >= 4 is 28.5 Å². The lowest BCUT2D eigenvalue weighted by Crippen LogP contribution is -2.31. The number of nitrogens with two attached hydrogens (primary N) is 1. The Kier molecular flexibility index (Phi) is 4.33. The van der Waals surface area contributed by atoms with E-state index in [0.29, 0.717) is 11.0 Å². The zero-order chi connectivity index (χ0) is 16.3. The SMILES string of the molecule is CC(C)[C@H](N=[N+]=[N-])C(=O)Nc1c(C(N)=O)oc2ccccc12. The molecule has 2 rings (SSSR count). The van der Waals surface area contributed by atoms with Gasteiger partial charge in [0.1, 0.15) is 17.3 Å². The summed E-state index contributed by atoms with van der Waals surface area (Å²) in [5, 5.41) is 6.61. The molecule has 0 aliphatic carbocycles. The number of hydrogen-bond donors (Lipinski definition) is 2. The van der Waals surface area contributed by atoms with Crippen molar-refractivity contribution in [1.82, 2.24) is 0 Å². The maximum atomic E-state index is 12.3. The van der Waals surface area contributed by atoms with Crippen LogP contribution >= 0.6 is 0 Å². The van der Waals surface area contributed by atoms with Crippen molar-refractivity contribution < 1.29 is 14.0 Å². The van der Waals surface area contributed by atoms with Gasteiger partial charge < -0.3 is 15.5 Å². The minimum atomic E-state index is -0.903. The van der Waals surface area contributed by atoms with E-state index in [9.17, 15) is 9.59 Å². The van der Waals surface area contributed by atoms with Gasteiger partial charge in [0.15, 0.2) is 0 Å². The number of nitrogens with zero attached hydrogens (tertiary/aromatic N) is 3. The van der Waals surface area contributed by atoms with Crippen LogP contribution in [0.5, 0.6) is 0 Å². The number of primary amides is 1. The number of nitrogens with one attached hydrogen (secondary N) is 1. The van der Waals surface area contributed by atoms with Crippen LogP contribution in [0.15, 0.2) is 33.8 Å². The molecule has 114 valence electrons. The first-order chi connectivity index (χ1) is 10.5. The number of fused-ring (bicyclic) bond motifs is 1. The topological polar surface area (TPSA) is 134 Å². The van der Waals surface area contributed by atoms with Gasteiger partial charge >= 0.3 is 0 Å². The zero-order valence-electron chi connectivity index (χ0n) is 12.1. The van der Waals surface area contributed by atoms with Crippen molar-refractivity contribution in [3.05, 3.63) is 40.5 Å². The van der Waals surface area contributed by atoms with Gasteiger partial charge in [0, 0.05) is 10.3 Å². The van der Waals surface area contributed by atoms with Crippen LogP contribution in [0.2, 0.25) is 0 Å². The standard InChI is InChI=1S/C14H15N5O3/c1-7(2)10(18-19-16)14(21)17-11-8-5-3-4-6-9(8)22-12(11)13(15)20/h3-7,10H,1-2H3,(H2,15,20)(H,17,21)/t10-/m0/s1. The van der Waals surface area contributed by atoms with Crippen molar-refractivity contribution in [2.75, 3.05) is 5.32 Å². The first-order valence-corrected chi connectivity index (χ1v) is 6.62. The number of azide groups is 1. The average Bonchev–Trinajstić information content (AvgIpc) is 2.83. The molecule has 0 aliphatic heterocycles. The Morgan fingerprint density at radius 3 is 2.64 bits per heavy atom. The predicted octanol–water partition coefficient (Wildman–Crippen LogP) is 2.81. The minimum absolute atomic E-state index is 0.141. The number of furan rings is 1. The first kappa shape index (κ1) is 15.4. The van der Waals surface area contributed by atoms with Gasteiger partial charge in [0.2, 0.25) is 11.7 Å². The van der Waals surface area contributed by atoms with Crippen molar-refractivity contribution in [1.29, 1.82) is 0 Å². The third-order valence-electron chi connectivity index (χ3n) is 3.14. The molecule has 1 aromatic carbocycles. The number of benzene rings is 1. The summed E-state index contributed by atoms with van der Waals surface area (Å²) >= 11 is 0. The molecule has 8 nitrogen and oxygen atoms in total. The predicted molar refractivity (Wildman–Crippen MR) is 81.1 cm³/mol. The molecule has 0 spiro atoms. The molecule has 0 unspecified atom stereocenters. The van der Waals surface area contributed by atoms with Crippen LogP contribution in [-0.2, 0) is 4.79 Å². The molecule has 1 atom stereocenters. The van der Waals surface area contributed by atoms with Gasteiger partial charge in [-0.15, -0.1) is 0 Å². The van der Waals surface area contributed by atoms with E-state index < -0.39 is 17.9 Å². The maximum absolute atomic E-state index is 12.3. The minimum Gasteiger partial charge on any atom is -0.449 e. The van der Waals surface area contributed by atoms with Crippen molar-refractivity contribution in [3.63, 3.8) is 0 Å². The monoisotopic (exact) mass is 301 g/mol. The van der Waals surface area contributed by atoms with Crippen LogP contribution < -0.4 is 11.1 Å². The summed E-state index contributed by atoms with van der Waals surface area (Å²) in [4.78, 5) is 26.5. The molecule has 0 bridgehead atoms. The average molecular weight is 301 g/mol. The molecule has 1 aromatic heterocycles. The lowest BCUT2D eigenvalue weighted by atomic mass is 10.0. The number of hydrogen-bond acceptors (Lipinski definition) is 4. The van der Waals surface area contributed by atoms with E-state index in [4.69, 9.17) is 15.7 Å². The summed E-state index contributed by atoms with van der Waals surface area (Å²) < 4.78 is 5.37. The van der Waals surface area contributed by atoms with Gasteiger partial charge in [-0.25, -0.2) is 0 Å². The van der Waals surface area contributed by atoms with Crippen molar-refractivity contribution in [2.45, 2.75) is 19.9 Å². The molecule has 22 heavy (non-hydrogen) atoms. The van der Waals surface area contributed by atoms with Gasteiger partial charge in [-0.1, -0.05) is 31.1 Å². The van der Waals surface area contributed by atoms with Gasteiger partial charge in [0.25, 0.3) is 5.91 Å². The second-order valence-corrected chi connectivity index (χ2v) is 5.05. The summed E-state index contributed by atoms with van der Waals surface area (Å²) in [5.74, 6) is -1.66. The van der Waals surface area contributed by atoms with Crippen LogP contribution in [0, 0.1) is 5.92 Å². The van der Waals surface area contributed by atoms with Gasteiger partial charge in [-0.2, -0.15) is 0 Å². The Labute approximate surface area is 125 Å². The van der Waals surface area contributed by atoms with E-state index in [1.807, 2.05) is 0 Å². The molecule has 0 aliphatic rings. The fraction of sp³-hybridized carbons (Fsp3) is 0.286. The van der Waals surface area contributed by atoms with E-state index in [1.165, 1.54) is 0 Å². The van der Waals surface area contributed by atoms with Crippen LogP contribution in [0.25, 0.3) is 21.4 Å². The molecule has 2 amide bonds. The summed E-state index contributed by atoms with van der Waals surface area (Å²) in [7, 11) is 0. The number of carbonyl (C=O) groups excluding carboxylic acids is 2. The van der Waals surface area contributed by atoms with Crippen LogP contribution in [0.1, 0.15) is 24.4 Å². The molecule has 2 aromatic rings. The van der Waals surface area contributed by atoms with E-state index in [2.05, 4.69) is 15.3 Å². The number of para-hydroxylation sites is 1. The van der Waals surface area contributed by atoms with E-state index in [0.717, 1.165) is 0 Å². The highest BCUT2D eigenvalue weighted by Crippen LogP contribution is 2.31. The second kappa shape index (κ2) is 6.19. The zero-order valence-corrected chi connectivity index (χ0v) is 12.1. The van der Waals surface area contributed by atoms with Crippen LogP contribution in [0.3, 0.4) is 0 Å². The van der Waals surface area contributed by atoms with Gasteiger partial charge in [-0.3, -0.25) is 9.59 Å². The molecule has 0 saturated heterocycles. The normalized spacial score (nSPS) is 12.0. The van der Waals surface area contributed by atoms with Crippen molar-refractivity contribution in [3.8, 4) is 0 Å². The smallest absolute Gasteiger partial charge is 0.286 e. The summed E-state index contributed by atoms with van der Waals surface area (Å²) in [6.45, 7) is 3.50. The fourth-order valence-electron chi connectivity index (χ4n) is 2.08. The molecular weight excluding hydrogens is 286 g/mol. The quantitative estimate of drug-likeness (QED) is 0.499. The van der Waals surface area contributed by atoms with E-state index >= 15 is 0 Å². The molecule has 8 heteroatoms. The Hall–Kier alpha value is -2.99. The molecular formula is C14H15N5O3. The number of anilines is 1. The number of rotatable bonds is 5. The van der Waals surface area contributed by atoms with Crippen LogP contribution in [0.4, 0.5) is 5.69 Å². The summed E-state index contributed by atoms with van der Waals surface area (Å²) in [6.07, 6.45) is 0. The summed E-state index contributed by atoms with van der Waals surface area (Å²) in [6, 6.07) is 5.92. The number of amides is 2. The highest BCUT2D eigenvalue weighted by atomic mass is 16.3. The third kappa shape index (κ3) is 2.87. The largest absolute Gasteiger partial charge is 0.449 e. The van der Waals surface area contributed by atoms with E-state index in [-0.39, 0.29) is 17.4 Å². The van der Waals surface area contributed by atoms with E-state index in [1.54, 1.807) is 38.1 Å². The molecule has 3 N–H and O–H groups in total. The lowest BCUT2D eigenvalue weighted by Gasteiger charge is -2.14. The Balaban J connectivity index is 2.46.